The summed E-state index contributed by atoms with van der Waals surface area (Å²) >= 11 is 5.21. The predicted octanol–water partition coefficient (Wildman–Crippen LogP) is 2.17. The summed E-state index contributed by atoms with van der Waals surface area (Å²) in [5.41, 5.74) is 5.28. The SMILES string of the molecule is CCC(CC)(C(=O)N1CCC(N2CCCCC2)C1)C(N)=S. The Labute approximate surface area is 134 Å². The van der Waals surface area contributed by atoms with Gasteiger partial charge >= 0.3 is 0 Å². The number of hydrogen-bond acceptors (Lipinski definition) is 3. The molecule has 0 aromatic carbocycles. The molecule has 0 radical (unpaired) electrons. The van der Waals surface area contributed by atoms with E-state index in [0.717, 1.165) is 19.5 Å². The summed E-state index contributed by atoms with van der Waals surface area (Å²) in [5.74, 6) is 0.152. The van der Waals surface area contributed by atoms with Gasteiger partial charge in [0.15, 0.2) is 0 Å². The first kappa shape index (κ1) is 16.7. The van der Waals surface area contributed by atoms with E-state index in [1.54, 1.807) is 0 Å². The number of nitrogens with two attached hydrogens (primary N) is 1. The first-order chi connectivity index (χ1) is 10.0. The van der Waals surface area contributed by atoms with Gasteiger partial charge in [0, 0.05) is 19.1 Å². The van der Waals surface area contributed by atoms with Crippen molar-refractivity contribution in [2.45, 2.75) is 58.4 Å². The van der Waals surface area contributed by atoms with Crippen LogP contribution in [0.3, 0.4) is 0 Å². The zero-order valence-corrected chi connectivity index (χ0v) is 14.3. The zero-order valence-electron chi connectivity index (χ0n) is 13.4. The molecule has 2 fully saturated rings. The minimum Gasteiger partial charge on any atom is -0.392 e. The lowest BCUT2D eigenvalue weighted by Gasteiger charge is -2.35. The second-order valence-corrected chi connectivity index (χ2v) is 6.88. The highest BCUT2D eigenvalue weighted by Gasteiger charge is 2.43. The van der Waals surface area contributed by atoms with Crippen molar-refractivity contribution in [1.82, 2.24) is 9.80 Å². The third kappa shape index (κ3) is 3.24. The highest BCUT2D eigenvalue weighted by molar-refractivity contribution is 7.80. The van der Waals surface area contributed by atoms with Gasteiger partial charge in [0.1, 0.15) is 0 Å². The van der Waals surface area contributed by atoms with Crippen molar-refractivity contribution < 1.29 is 4.79 Å². The fourth-order valence-corrected chi connectivity index (χ4v) is 4.19. The number of likely N-dealkylation sites (tertiary alicyclic amines) is 2. The van der Waals surface area contributed by atoms with Crippen molar-refractivity contribution in [3.8, 4) is 0 Å². The lowest BCUT2D eigenvalue weighted by Crippen LogP contribution is -2.50. The van der Waals surface area contributed by atoms with E-state index >= 15 is 0 Å². The number of carbonyl (C=O) groups is 1. The quantitative estimate of drug-likeness (QED) is 0.791. The molecular formula is C16H29N3OS. The Balaban J connectivity index is 2.02. The van der Waals surface area contributed by atoms with Crippen LogP contribution in [0.1, 0.15) is 52.4 Å². The maximum atomic E-state index is 12.9. The van der Waals surface area contributed by atoms with Gasteiger partial charge in [0.05, 0.1) is 10.4 Å². The van der Waals surface area contributed by atoms with Crippen molar-refractivity contribution in [3.63, 3.8) is 0 Å². The van der Waals surface area contributed by atoms with Crippen molar-refractivity contribution in [2.75, 3.05) is 26.2 Å². The third-order valence-electron chi connectivity index (χ3n) is 5.45. The maximum Gasteiger partial charge on any atom is 0.235 e. The average molecular weight is 311 g/mol. The molecule has 2 rings (SSSR count). The Bertz CT molecular complexity index is 389. The van der Waals surface area contributed by atoms with Crippen LogP contribution >= 0.6 is 12.2 Å². The molecule has 1 amide bonds. The molecule has 2 heterocycles. The maximum absolute atomic E-state index is 12.9. The summed E-state index contributed by atoms with van der Waals surface area (Å²) in [7, 11) is 0. The minimum absolute atomic E-state index is 0.152. The van der Waals surface area contributed by atoms with Gasteiger partial charge in [-0.05, 0) is 45.2 Å². The molecular weight excluding hydrogens is 282 g/mol. The molecule has 1 atom stereocenters. The van der Waals surface area contributed by atoms with Gasteiger partial charge in [0.2, 0.25) is 5.91 Å². The fourth-order valence-electron chi connectivity index (χ4n) is 3.82. The molecule has 1 unspecified atom stereocenters. The summed E-state index contributed by atoms with van der Waals surface area (Å²) in [4.78, 5) is 17.9. The van der Waals surface area contributed by atoms with E-state index in [2.05, 4.69) is 4.90 Å². The van der Waals surface area contributed by atoms with Crippen LogP contribution in [0.2, 0.25) is 0 Å². The van der Waals surface area contributed by atoms with Gasteiger partial charge in [-0.2, -0.15) is 0 Å². The first-order valence-corrected chi connectivity index (χ1v) is 8.79. The monoisotopic (exact) mass is 311 g/mol. The summed E-state index contributed by atoms with van der Waals surface area (Å²) in [6.45, 7) is 8.11. The first-order valence-electron chi connectivity index (χ1n) is 8.38. The Kier molecular flexibility index (Phi) is 5.60. The van der Waals surface area contributed by atoms with Crippen molar-refractivity contribution in [1.29, 1.82) is 0 Å². The number of piperidine rings is 1. The summed E-state index contributed by atoms with van der Waals surface area (Å²) in [6, 6.07) is 0.534. The van der Waals surface area contributed by atoms with Gasteiger partial charge in [0.25, 0.3) is 0 Å². The third-order valence-corrected chi connectivity index (χ3v) is 5.84. The van der Waals surface area contributed by atoms with E-state index in [9.17, 15) is 4.79 Å². The fraction of sp³-hybridized carbons (Fsp3) is 0.875. The normalized spacial score (nSPS) is 24.3. The zero-order chi connectivity index (χ0) is 15.5. The Morgan fingerprint density at radius 2 is 1.81 bits per heavy atom. The number of hydrogen-bond donors (Lipinski definition) is 1. The van der Waals surface area contributed by atoms with Crippen molar-refractivity contribution in [3.05, 3.63) is 0 Å². The predicted molar refractivity (Wildman–Crippen MR) is 90.2 cm³/mol. The number of nitrogens with zero attached hydrogens (tertiary/aromatic N) is 2. The van der Waals surface area contributed by atoms with E-state index in [0.29, 0.717) is 23.9 Å². The Hall–Kier alpha value is -0.680. The van der Waals surface area contributed by atoms with Crippen LogP contribution in [-0.4, -0.2) is 52.9 Å². The molecule has 0 saturated carbocycles. The molecule has 0 spiro atoms. The molecule has 0 aromatic rings. The Morgan fingerprint density at radius 3 is 2.33 bits per heavy atom. The highest BCUT2D eigenvalue weighted by atomic mass is 32.1. The lowest BCUT2D eigenvalue weighted by atomic mass is 9.81. The van der Waals surface area contributed by atoms with E-state index in [-0.39, 0.29) is 5.91 Å². The van der Waals surface area contributed by atoms with Gasteiger partial charge in [-0.1, -0.05) is 32.5 Å². The summed E-state index contributed by atoms with van der Waals surface area (Å²) in [5, 5.41) is 0. The average Bonchev–Trinajstić information content (AvgIpc) is 2.99. The van der Waals surface area contributed by atoms with Crippen LogP contribution in [0.25, 0.3) is 0 Å². The molecule has 120 valence electrons. The number of thiocarbonyl (C=S) groups is 1. The van der Waals surface area contributed by atoms with Crippen LogP contribution in [-0.2, 0) is 4.79 Å². The molecule has 0 aromatic heterocycles. The molecule has 0 bridgehead atoms. The van der Waals surface area contributed by atoms with E-state index < -0.39 is 5.41 Å². The largest absolute Gasteiger partial charge is 0.392 e. The molecule has 21 heavy (non-hydrogen) atoms. The molecule has 0 aliphatic carbocycles. The van der Waals surface area contributed by atoms with E-state index in [1.807, 2.05) is 18.7 Å². The van der Waals surface area contributed by atoms with Crippen molar-refractivity contribution >= 4 is 23.1 Å². The Morgan fingerprint density at radius 1 is 1.19 bits per heavy atom. The van der Waals surface area contributed by atoms with Crippen LogP contribution < -0.4 is 5.73 Å². The smallest absolute Gasteiger partial charge is 0.235 e. The van der Waals surface area contributed by atoms with E-state index in [1.165, 1.54) is 32.4 Å². The topological polar surface area (TPSA) is 49.6 Å². The summed E-state index contributed by atoms with van der Waals surface area (Å²) in [6.07, 6.45) is 6.43. The van der Waals surface area contributed by atoms with Crippen LogP contribution in [0, 0.1) is 5.41 Å². The highest BCUT2D eigenvalue weighted by Crippen LogP contribution is 2.32. The van der Waals surface area contributed by atoms with Crippen molar-refractivity contribution in [2.24, 2.45) is 11.1 Å². The van der Waals surface area contributed by atoms with Crippen LogP contribution in [0.5, 0.6) is 0 Å². The summed E-state index contributed by atoms with van der Waals surface area (Å²) < 4.78 is 0. The standard InChI is InChI=1S/C16H29N3OS/c1-3-16(4-2,14(17)21)15(20)19-11-8-13(12-19)18-9-6-5-7-10-18/h13H,3-12H2,1-2H3,(H2,17,21). The van der Waals surface area contributed by atoms with Gasteiger partial charge in [-0.3, -0.25) is 9.69 Å². The van der Waals surface area contributed by atoms with Gasteiger partial charge in [-0.15, -0.1) is 0 Å². The van der Waals surface area contributed by atoms with Crippen LogP contribution in [0.15, 0.2) is 0 Å². The van der Waals surface area contributed by atoms with E-state index in [4.69, 9.17) is 18.0 Å². The van der Waals surface area contributed by atoms with Crippen LogP contribution in [0.4, 0.5) is 0 Å². The second-order valence-electron chi connectivity index (χ2n) is 6.44. The second kappa shape index (κ2) is 7.05. The number of amides is 1. The van der Waals surface area contributed by atoms with Gasteiger partial charge < -0.3 is 10.6 Å². The molecule has 2 N–H and O–H groups in total. The minimum atomic E-state index is -0.633. The molecule has 2 aliphatic heterocycles. The molecule has 2 saturated heterocycles. The molecule has 5 heteroatoms. The molecule has 4 nitrogen and oxygen atoms in total. The van der Waals surface area contributed by atoms with Gasteiger partial charge in [-0.25, -0.2) is 0 Å². The number of carbonyl (C=O) groups excluding carboxylic acids is 1. The molecule has 2 aliphatic rings. The lowest BCUT2D eigenvalue weighted by molar-refractivity contribution is -0.137. The number of rotatable bonds is 5.